The molecular weight excluding hydrogens is 432 g/mol. The number of thiophene rings is 1. The number of rotatable bonds is 6. The quantitative estimate of drug-likeness (QED) is 0.540. The van der Waals surface area contributed by atoms with E-state index in [1.54, 1.807) is 22.6 Å². The number of hydrogen-bond acceptors (Lipinski definition) is 6. The largest absolute Gasteiger partial charge is 0.467 e. The average Bonchev–Trinajstić information content (AvgIpc) is 3.57. The van der Waals surface area contributed by atoms with Crippen molar-refractivity contribution in [3.8, 4) is 0 Å². The molecule has 0 radical (unpaired) electrons. The van der Waals surface area contributed by atoms with Gasteiger partial charge in [0.15, 0.2) is 0 Å². The Morgan fingerprint density at radius 3 is 2.70 bits per heavy atom. The first-order chi connectivity index (χ1) is 16.2. The second-order valence-electron chi connectivity index (χ2n) is 8.83. The highest BCUT2D eigenvalue weighted by atomic mass is 32.1. The van der Waals surface area contributed by atoms with Crippen molar-refractivity contribution < 1.29 is 9.21 Å². The molecule has 0 aliphatic carbocycles. The minimum absolute atomic E-state index is 0.0373. The molecule has 1 amide bonds. The Bertz CT molecular complexity index is 1090. The molecule has 1 fully saturated rings. The van der Waals surface area contributed by atoms with Gasteiger partial charge in [-0.3, -0.25) is 14.6 Å². The average molecular weight is 463 g/mol. The van der Waals surface area contributed by atoms with Crippen LogP contribution in [0.1, 0.15) is 40.6 Å². The lowest BCUT2D eigenvalue weighted by Crippen LogP contribution is -2.40. The van der Waals surface area contributed by atoms with Gasteiger partial charge >= 0.3 is 0 Å². The summed E-state index contributed by atoms with van der Waals surface area (Å²) >= 11 is 1.66. The number of carbonyl (C=O) groups is 1. The first kappa shape index (κ1) is 22.1. The van der Waals surface area contributed by atoms with Crippen LogP contribution in [0.4, 0.5) is 0 Å². The normalized spacial score (nSPS) is 20.1. The fraction of sp³-hybridized carbons (Fsp3) is 0.385. The molecule has 4 heterocycles. The number of hydrogen-bond donors (Lipinski definition) is 0. The van der Waals surface area contributed by atoms with Crippen molar-refractivity contribution >= 4 is 23.0 Å². The van der Waals surface area contributed by atoms with Gasteiger partial charge in [0.2, 0.25) is 0 Å². The van der Waals surface area contributed by atoms with Gasteiger partial charge < -0.3 is 4.42 Å². The smallest absolute Gasteiger partial charge is 0.257 e. The Balaban J connectivity index is 1.24. The number of hydrazone groups is 1. The highest BCUT2D eigenvalue weighted by Gasteiger charge is 2.35. The number of furan rings is 1. The molecule has 0 spiro atoms. The predicted molar refractivity (Wildman–Crippen MR) is 131 cm³/mol. The molecular formula is C26H30N4O2S. The van der Waals surface area contributed by atoms with Crippen molar-refractivity contribution in [2.75, 3.05) is 32.7 Å². The SMILES string of the molecule is Cc1ccccc1CN1CCCN(CC(=O)N2N=C(c3cccs3)CC2c2ccco2)CC1. The molecule has 2 aliphatic rings. The summed E-state index contributed by atoms with van der Waals surface area (Å²) in [5.74, 6) is 0.828. The number of amides is 1. The van der Waals surface area contributed by atoms with Gasteiger partial charge in [-0.1, -0.05) is 30.3 Å². The van der Waals surface area contributed by atoms with Crippen LogP contribution in [-0.2, 0) is 11.3 Å². The summed E-state index contributed by atoms with van der Waals surface area (Å²) in [5.41, 5.74) is 3.68. The van der Waals surface area contributed by atoms with Gasteiger partial charge in [-0.15, -0.1) is 11.3 Å². The third-order valence-corrected chi connectivity index (χ3v) is 7.46. The van der Waals surface area contributed by atoms with Gasteiger partial charge in [0.25, 0.3) is 5.91 Å². The molecule has 7 heteroatoms. The van der Waals surface area contributed by atoms with Gasteiger partial charge in [0.05, 0.1) is 23.4 Å². The molecule has 0 bridgehead atoms. The highest BCUT2D eigenvalue weighted by molar-refractivity contribution is 7.12. The van der Waals surface area contributed by atoms with Crippen LogP contribution in [0.15, 0.2) is 69.7 Å². The van der Waals surface area contributed by atoms with Crippen molar-refractivity contribution in [2.24, 2.45) is 5.10 Å². The minimum Gasteiger partial charge on any atom is -0.467 e. The van der Waals surface area contributed by atoms with Gasteiger partial charge in [-0.25, -0.2) is 5.01 Å². The number of carbonyl (C=O) groups excluding carboxylic acids is 1. The first-order valence-corrected chi connectivity index (χ1v) is 12.5. The van der Waals surface area contributed by atoms with Gasteiger partial charge in [0, 0.05) is 26.1 Å². The molecule has 5 rings (SSSR count). The maximum Gasteiger partial charge on any atom is 0.257 e. The van der Waals surface area contributed by atoms with E-state index < -0.39 is 0 Å². The van der Waals surface area contributed by atoms with Gasteiger partial charge in [0.1, 0.15) is 11.8 Å². The van der Waals surface area contributed by atoms with E-state index in [0.717, 1.165) is 55.5 Å². The van der Waals surface area contributed by atoms with E-state index in [-0.39, 0.29) is 11.9 Å². The number of aryl methyl sites for hydroxylation is 1. The first-order valence-electron chi connectivity index (χ1n) is 11.6. The molecule has 1 unspecified atom stereocenters. The van der Waals surface area contributed by atoms with E-state index in [0.29, 0.717) is 13.0 Å². The summed E-state index contributed by atoms with van der Waals surface area (Å²) in [6, 6.07) is 16.3. The lowest BCUT2D eigenvalue weighted by molar-refractivity contribution is -0.134. The third kappa shape index (κ3) is 5.11. The van der Waals surface area contributed by atoms with Crippen LogP contribution in [0.2, 0.25) is 0 Å². The molecule has 2 aliphatic heterocycles. The van der Waals surface area contributed by atoms with Gasteiger partial charge in [-0.2, -0.15) is 5.10 Å². The van der Waals surface area contributed by atoms with Crippen LogP contribution in [0.3, 0.4) is 0 Å². The molecule has 3 aromatic rings. The van der Waals surface area contributed by atoms with E-state index in [1.807, 2.05) is 23.6 Å². The maximum absolute atomic E-state index is 13.4. The summed E-state index contributed by atoms with van der Waals surface area (Å²) in [4.78, 5) is 19.3. The minimum atomic E-state index is -0.172. The third-order valence-electron chi connectivity index (χ3n) is 6.54. The van der Waals surface area contributed by atoms with E-state index in [4.69, 9.17) is 9.52 Å². The molecule has 2 aromatic heterocycles. The van der Waals surface area contributed by atoms with Crippen molar-refractivity contribution in [2.45, 2.75) is 32.4 Å². The van der Waals surface area contributed by atoms with E-state index >= 15 is 0 Å². The molecule has 1 atom stereocenters. The summed E-state index contributed by atoms with van der Waals surface area (Å²) in [6.45, 7) is 7.36. The second-order valence-corrected chi connectivity index (χ2v) is 9.78. The topological polar surface area (TPSA) is 52.3 Å². The Hall–Kier alpha value is -2.74. The number of benzene rings is 1. The highest BCUT2D eigenvalue weighted by Crippen LogP contribution is 2.34. The summed E-state index contributed by atoms with van der Waals surface area (Å²) in [7, 11) is 0. The van der Waals surface area contributed by atoms with Crippen molar-refractivity contribution in [3.05, 3.63) is 81.9 Å². The number of nitrogens with zero attached hydrogens (tertiary/aromatic N) is 4. The lowest BCUT2D eigenvalue weighted by Gasteiger charge is -2.25. The zero-order valence-electron chi connectivity index (χ0n) is 19.0. The van der Waals surface area contributed by atoms with Crippen molar-refractivity contribution in [1.29, 1.82) is 0 Å². The van der Waals surface area contributed by atoms with Crippen LogP contribution in [0, 0.1) is 6.92 Å². The summed E-state index contributed by atoms with van der Waals surface area (Å²) in [5, 5.41) is 8.45. The molecule has 1 aromatic carbocycles. The van der Waals surface area contributed by atoms with Crippen LogP contribution in [0.5, 0.6) is 0 Å². The van der Waals surface area contributed by atoms with Gasteiger partial charge in [-0.05, 0) is 61.1 Å². The predicted octanol–water partition coefficient (Wildman–Crippen LogP) is 4.54. The molecule has 1 saturated heterocycles. The monoisotopic (exact) mass is 462 g/mol. The second kappa shape index (κ2) is 10.0. The van der Waals surface area contributed by atoms with Crippen LogP contribution >= 0.6 is 11.3 Å². The lowest BCUT2D eigenvalue weighted by atomic mass is 10.1. The fourth-order valence-corrected chi connectivity index (χ4v) is 5.39. The Kier molecular flexibility index (Phi) is 6.71. The van der Waals surface area contributed by atoms with Crippen LogP contribution < -0.4 is 0 Å². The Labute approximate surface area is 199 Å². The summed E-state index contributed by atoms with van der Waals surface area (Å²) in [6.07, 6.45) is 3.41. The molecule has 0 N–H and O–H groups in total. The summed E-state index contributed by atoms with van der Waals surface area (Å²) < 4.78 is 5.67. The zero-order chi connectivity index (χ0) is 22.6. The van der Waals surface area contributed by atoms with Crippen molar-refractivity contribution in [1.82, 2.24) is 14.8 Å². The van der Waals surface area contributed by atoms with E-state index in [9.17, 15) is 4.79 Å². The molecule has 172 valence electrons. The van der Waals surface area contributed by atoms with Crippen LogP contribution in [0.25, 0.3) is 0 Å². The zero-order valence-corrected chi connectivity index (χ0v) is 19.8. The fourth-order valence-electron chi connectivity index (χ4n) is 4.67. The van der Waals surface area contributed by atoms with Crippen LogP contribution in [-0.4, -0.2) is 59.2 Å². The molecule has 6 nitrogen and oxygen atoms in total. The molecule has 0 saturated carbocycles. The van der Waals surface area contributed by atoms with E-state index in [1.165, 1.54) is 11.1 Å². The Morgan fingerprint density at radius 2 is 1.91 bits per heavy atom. The standard InChI is InChI=1S/C26H30N4O2S/c1-20-7-2-3-8-21(20)18-28-11-6-12-29(14-13-28)19-26(31)30-23(24-9-4-15-32-24)17-22(27-30)25-10-5-16-33-25/h2-5,7-10,15-16,23H,6,11-14,17-19H2,1H3. The molecule has 33 heavy (non-hydrogen) atoms. The maximum atomic E-state index is 13.4. The Morgan fingerprint density at radius 1 is 1.06 bits per heavy atom. The van der Waals surface area contributed by atoms with Crippen molar-refractivity contribution in [3.63, 3.8) is 0 Å². The van der Waals surface area contributed by atoms with E-state index in [2.05, 4.69) is 47.1 Å².